The molecule has 0 saturated carbocycles. The van der Waals surface area contributed by atoms with E-state index in [-0.39, 0.29) is 55.3 Å². The average molecular weight is 474 g/mol. The molecule has 0 aromatic heterocycles. The van der Waals surface area contributed by atoms with E-state index < -0.39 is 0 Å². The summed E-state index contributed by atoms with van der Waals surface area (Å²) in [4.78, 5) is 0. The van der Waals surface area contributed by atoms with Crippen LogP contribution in [0.3, 0.4) is 0 Å². The van der Waals surface area contributed by atoms with Crippen LogP contribution in [-0.2, 0) is 0 Å². The van der Waals surface area contributed by atoms with Crippen LogP contribution in [-0.4, -0.2) is 52.4 Å². The van der Waals surface area contributed by atoms with Crippen LogP contribution in [0.1, 0.15) is 2.85 Å². The molecule has 0 rings (SSSR count). The van der Waals surface area contributed by atoms with Gasteiger partial charge >= 0.3 is 0 Å². The first kappa shape index (κ1) is 28.6. The molecule has 0 fully saturated rings. The molecule has 0 aromatic carbocycles. The molecule has 0 atom stereocenters. The van der Waals surface area contributed by atoms with Gasteiger partial charge in [-0.1, -0.05) is 0 Å². The van der Waals surface area contributed by atoms with Crippen LogP contribution < -0.4 is 0 Å². The quantitative estimate of drug-likeness (QED) is 0.349. The van der Waals surface area contributed by atoms with Gasteiger partial charge in [0.05, 0.1) is 0 Å². The Balaban J connectivity index is -0.00000000167. The van der Waals surface area contributed by atoms with E-state index >= 15 is 0 Å². The SMILES string of the molecule is C#C.C#C.[Bi].[Bi].[HH].[HH]. The average Bonchev–Trinajstić information content (AvgIpc) is 1.50. The second-order valence-electron chi connectivity index (χ2n) is 0. The third kappa shape index (κ3) is 94.0. The largest absolute Gasteiger partial charge is 0.124 e. The summed E-state index contributed by atoms with van der Waals surface area (Å²) in [5, 5.41) is 0. The van der Waals surface area contributed by atoms with E-state index in [9.17, 15) is 0 Å². The second-order valence-corrected chi connectivity index (χ2v) is 0. The molecule has 0 N–H and O–H groups in total. The number of terminal acetylenes is 2. The maximum Gasteiger partial charge on any atom is 0 e. The van der Waals surface area contributed by atoms with Gasteiger partial charge in [-0.25, -0.2) is 0 Å². The van der Waals surface area contributed by atoms with Crippen LogP contribution in [0.4, 0.5) is 0 Å². The van der Waals surface area contributed by atoms with E-state index in [4.69, 9.17) is 0 Å². The van der Waals surface area contributed by atoms with Gasteiger partial charge in [-0.2, -0.15) is 0 Å². The second kappa shape index (κ2) is 179. The van der Waals surface area contributed by atoms with Crippen molar-refractivity contribution in [1.29, 1.82) is 0 Å². The molecule has 0 amide bonds. The zero-order valence-corrected chi connectivity index (χ0v) is 10.2. The molecule has 0 bridgehead atoms. The van der Waals surface area contributed by atoms with Gasteiger partial charge in [-0.15, -0.1) is 25.7 Å². The minimum atomic E-state index is 0. The summed E-state index contributed by atoms with van der Waals surface area (Å²) in [6.45, 7) is 0. The van der Waals surface area contributed by atoms with Gasteiger partial charge in [-0.05, 0) is 0 Å². The monoisotopic (exact) mass is 474 g/mol. The van der Waals surface area contributed by atoms with Crippen molar-refractivity contribution >= 4 is 52.4 Å². The zero-order chi connectivity index (χ0) is 4.00. The predicted molar refractivity (Wildman–Crippen MR) is 35.5 cm³/mol. The van der Waals surface area contributed by atoms with Crippen molar-refractivity contribution < 1.29 is 2.85 Å². The molecule has 0 aromatic rings. The number of hydrogen-bond acceptors (Lipinski definition) is 0. The molecule has 6 radical (unpaired) electrons. The van der Waals surface area contributed by atoms with Gasteiger partial charge in [-0.3, -0.25) is 0 Å². The maximum absolute atomic E-state index is 4.00. The number of hydrogen-bond donors (Lipinski definition) is 0. The van der Waals surface area contributed by atoms with Crippen molar-refractivity contribution in [3.63, 3.8) is 0 Å². The molecule has 34 valence electrons. The summed E-state index contributed by atoms with van der Waals surface area (Å²) in [5.74, 6) is 0. The van der Waals surface area contributed by atoms with E-state index in [0.717, 1.165) is 0 Å². The fourth-order valence-electron chi connectivity index (χ4n) is 0. The Bertz CT molecular complexity index is 27.5. The first-order valence-electron chi connectivity index (χ1n) is 0.667. The van der Waals surface area contributed by atoms with Gasteiger partial charge in [0.25, 0.3) is 0 Å². The first-order valence-corrected chi connectivity index (χ1v) is 0.667. The number of rotatable bonds is 0. The molecule has 0 spiro atoms. The Morgan fingerprint density at radius 2 is 0.667 bits per heavy atom. The normalized spacial score (nSPS) is 0.667. The van der Waals surface area contributed by atoms with E-state index in [2.05, 4.69) is 25.7 Å². The molecule has 0 nitrogen and oxygen atoms in total. The van der Waals surface area contributed by atoms with Crippen molar-refractivity contribution in [2.45, 2.75) is 0 Å². The van der Waals surface area contributed by atoms with Crippen molar-refractivity contribution in [1.82, 2.24) is 0 Å². The Kier molecular flexibility index (Phi) is 854. The fraction of sp³-hybridized carbons (Fsp3) is 0. The van der Waals surface area contributed by atoms with Crippen LogP contribution in [0.2, 0.25) is 0 Å². The third-order valence-electron chi connectivity index (χ3n) is 0. The molecular weight excluding hydrogens is 466 g/mol. The molecule has 0 aliphatic carbocycles. The molecular formula is C4H8Bi2. The van der Waals surface area contributed by atoms with E-state index in [0.29, 0.717) is 0 Å². The summed E-state index contributed by atoms with van der Waals surface area (Å²) < 4.78 is 0. The molecule has 0 aliphatic heterocycles. The topological polar surface area (TPSA) is 0 Å². The standard InChI is InChI=1S/2C2H2.2Bi.2H2/c2*1-2;;;;/h2*1-2H;;;2*1H. The van der Waals surface area contributed by atoms with E-state index in [1.807, 2.05) is 0 Å². The van der Waals surface area contributed by atoms with Gasteiger partial charge in [0.2, 0.25) is 0 Å². The molecule has 0 unspecified atom stereocenters. The zero-order valence-electron chi connectivity index (χ0n) is 3.20. The Labute approximate surface area is 80.3 Å². The van der Waals surface area contributed by atoms with E-state index in [1.165, 1.54) is 0 Å². The summed E-state index contributed by atoms with van der Waals surface area (Å²) in [6, 6.07) is 0. The fourth-order valence-corrected chi connectivity index (χ4v) is 0. The Morgan fingerprint density at radius 3 is 0.667 bits per heavy atom. The summed E-state index contributed by atoms with van der Waals surface area (Å²) >= 11 is 0. The Hall–Kier alpha value is 0.886. The van der Waals surface area contributed by atoms with Gasteiger partial charge < -0.3 is 0 Å². The van der Waals surface area contributed by atoms with Crippen molar-refractivity contribution in [3.8, 4) is 25.7 Å². The molecule has 6 heavy (non-hydrogen) atoms. The van der Waals surface area contributed by atoms with Crippen molar-refractivity contribution in [2.24, 2.45) is 0 Å². The van der Waals surface area contributed by atoms with Gasteiger partial charge in [0, 0.05) is 55.3 Å². The maximum atomic E-state index is 4.00. The van der Waals surface area contributed by atoms with E-state index in [1.54, 1.807) is 0 Å². The minimum absolute atomic E-state index is 0. The molecule has 2 heteroatoms. The smallest absolute Gasteiger partial charge is 0 e. The van der Waals surface area contributed by atoms with Gasteiger partial charge in [0.15, 0.2) is 0 Å². The van der Waals surface area contributed by atoms with Crippen LogP contribution in [0.15, 0.2) is 0 Å². The van der Waals surface area contributed by atoms with Gasteiger partial charge in [0.1, 0.15) is 0 Å². The minimum Gasteiger partial charge on any atom is -0.124 e. The van der Waals surface area contributed by atoms with Crippen LogP contribution in [0.5, 0.6) is 0 Å². The summed E-state index contributed by atoms with van der Waals surface area (Å²) in [5.41, 5.74) is 0. The molecule has 0 aliphatic rings. The van der Waals surface area contributed by atoms with Crippen molar-refractivity contribution in [2.75, 3.05) is 0 Å². The summed E-state index contributed by atoms with van der Waals surface area (Å²) in [7, 11) is 0. The predicted octanol–water partition coefficient (Wildman–Crippen LogP) is 0.229. The third-order valence-corrected chi connectivity index (χ3v) is 0. The Morgan fingerprint density at radius 1 is 0.667 bits per heavy atom. The van der Waals surface area contributed by atoms with Crippen LogP contribution in [0, 0.1) is 25.7 Å². The molecule has 0 heterocycles. The van der Waals surface area contributed by atoms with Crippen molar-refractivity contribution in [3.05, 3.63) is 0 Å². The first-order chi connectivity index (χ1) is 2.00. The van der Waals surface area contributed by atoms with Crippen LogP contribution >= 0.6 is 0 Å². The summed E-state index contributed by atoms with van der Waals surface area (Å²) in [6.07, 6.45) is 16.0. The molecule has 0 saturated heterocycles. The van der Waals surface area contributed by atoms with Crippen LogP contribution in [0.25, 0.3) is 0 Å².